The van der Waals surface area contributed by atoms with Gasteiger partial charge in [0.15, 0.2) is 0 Å². The highest BCUT2D eigenvalue weighted by Gasteiger charge is 2.16. The number of benzene rings is 1. The summed E-state index contributed by atoms with van der Waals surface area (Å²) in [7, 11) is -3.67. The molecular weight excluding hydrogens is 262 g/mol. The van der Waals surface area contributed by atoms with Gasteiger partial charge in [-0.3, -0.25) is 4.18 Å². The Balaban J connectivity index is 2.42. The van der Waals surface area contributed by atoms with Crippen LogP contribution in [-0.4, -0.2) is 19.6 Å². The first-order valence-corrected chi connectivity index (χ1v) is 7.59. The van der Waals surface area contributed by atoms with Crippen molar-refractivity contribution in [1.82, 2.24) is 4.57 Å². The molecule has 0 aliphatic heterocycles. The van der Waals surface area contributed by atoms with Crippen molar-refractivity contribution in [3.63, 3.8) is 0 Å². The Kier molecular flexibility index (Phi) is 4.07. The van der Waals surface area contributed by atoms with Gasteiger partial charge in [-0.1, -0.05) is 13.0 Å². The van der Waals surface area contributed by atoms with Gasteiger partial charge in [0.05, 0.1) is 11.5 Å². The summed E-state index contributed by atoms with van der Waals surface area (Å²) in [6, 6.07) is 8.80. The minimum Gasteiger partial charge on any atom is -0.324 e. The van der Waals surface area contributed by atoms with E-state index in [1.54, 1.807) is 18.2 Å². The molecule has 4 nitrogen and oxygen atoms in total. The minimum atomic E-state index is -3.67. The van der Waals surface area contributed by atoms with Gasteiger partial charge < -0.3 is 4.57 Å². The second-order valence-electron chi connectivity index (χ2n) is 4.31. The lowest BCUT2D eigenvalue weighted by Gasteiger charge is -2.10. The normalized spacial score (nSPS) is 11.7. The molecule has 19 heavy (non-hydrogen) atoms. The summed E-state index contributed by atoms with van der Waals surface area (Å²) < 4.78 is 30.8. The van der Waals surface area contributed by atoms with E-state index in [2.05, 4.69) is 0 Å². The van der Waals surface area contributed by atoms with E-state index in [0.29, 0.717) is 6.42 Å². The lowest BCUT2D eigenvalue weighted by molar-refractivity contribution is 0.318. The highest BCUT2D eigenvalue weighted by molar-refractivity contribution is 7.86. The van der Waals surface area contributed by atoms with Crippen LogP contribution in [0.1, 0.15) is 18.9 Å². The third-order valence-electron chi connectivity index (χ3n) is 2.79. The van der Waals surface area contributed by atoms with E-state index >= 15 is 0 Å². The largest absolute Gasteiger partial charge is 0.324 e. The Morgan fingerprint density at radius 3 is 2.53 bits per heavy atom. The van der Waals surface area contributed by atoms with Gasteiger partial charge in [-0.25, -0.2) is 0 Å². The van der Waals surface area contributed by atoms with Crippen molar-refractivity contribution in [2.45, 2.75) is 25.2 Å². The molecule has 102 valence electrons. The molecule has 0 amide bonds. The third kappa shape index (κ3) is 3.05. The van der Waals surface area contributed by atoms with Gasteiger partial charge in [0.1, 0.15) is 0 Å². The number of aromatic nitrogens is 1. The first-order chi connectivity index (χ1) is 9.04. The Morgan fingerprint density at radius 2 is 1.89 bits per heavy atom. The molecule has 0 spiro atoms. The van der Waals surface area contributed by atoms with E-state index in [9.17, 15) is 8.42 Å². The van der Waals surface area contributed by atoms with E-state index in [0.717, 1.165) is 11.3 Å². The van der Waals surface area contributed by atoms with Crippen LogP contribution in [0.2, 0.25) is 0 Å². The zero-order valence-corrected chi connectivity index (χ0v) is 11.9. The van der Waals surface area contributed by atoms with Crippen LogP contribution >= 0.6 is 0 Å². The minimum absolute atomic E-state index is 0.190. The highest BCUT2D eigenvalue weighted by Crippen LogP contribution is 2.21. The van der Waals surface area contributed by atoms with Crippen molar-refractivity contribution in [3.8, 4) is 5.69 Å². The maximum atomic E-state index is 12.0. The lowest BCUT2D eigenvalue weighted by Crippen LogP contribution is -2.08. The second-order valence-corrected chi connectivity index (χ2v) is 5.93. The van der Waals surface area contributed by atoms with Crippen molar-refractivity contribution in [2.75, 3.05) is 6.61 Å². The molecule has 0 fully saturated rings. The molecule has 2 rings (SSSR count). The summed E-state index contributed by atoms with van der Waals surface area (Å²) in [6.45, 7) is 4.02. The highest BCUT2D eigenvalue weighted by atomic mass is 32.2. The van der Waals surface area contributed by atoms with Gasteiger partial charge >= 0.3 is 0 Å². The summed E-state index contributed by atoms with van der Waals surface area (Å²) in [5.41, 5.74) is 1.84. The fourth-order valence-corrected chi connectivity index (χ4v) is 2.79. The Labute approximate surface area is 113 Å². The Hall–Kier alpha value is -1.59. The number of hydrogen-bond acceptors (Lipinski definition) is 3. The standard InChI is InChI=1S/C14H17NO3S/c1-3-10-18-19(16,17)13-7-6-12(2)14(11-13)15-8-4-5-9-15/h4-9,11H,3,10H2,1-2H3. The fourth-order valence-electron chi connectivity index (χ4n) is 1.78. The molecule has 1 heterocycles. The van der Waals surface area contributed by atoms with Gasteiger partial charge in [0, 0.05) is 18.1 Å². The predicted molar refractivity (Wildman–Crippen MR) is 73.9 cm³/mol. The van der Waals surface area contributed by atoms with E-state index in [1.807, 2.05) is 42.9 Å². The first kappa shape index (κ1) is 13.8. The van der Waals surface area contributed by atoms with Crippen LogP contribution in [0.5, 0.6) is 0 Å². The molecule has 0 radical (unpaired) electrons. The molecule has 0 aliphatic carbocycles. The second kappa shape index (κ2) is 5.59. The molecule has 0 saturated carbocycles. The SMILES string of the molecule is CCCOS(=O)(=O)c1ccc(C)c(-n2cccc2)c1. The zero-order chi connectivity index (χ0) is 13.9. The number of nitrogens with zero attached hydrogens (tertiary/aromatic N) is 1. The van der Waals surface area contributed by atoms with E-state index < -0.39 is 10.1 Å². The first-order valence-electron chi connectivity index (χ1n) is 6.18. The third-order valence-corrected chi connectivity index (χ3v) is 4.10. The van der Waals surface area contributed by atoms with Crippen molar-refractivity contribution >= 4 is 10.1 Å². The molecular formula is C14H17NO3S. The summed E-state index contributed by atoms with van der Waals surface area (Å²) in [4.78, 5) is 0.190. The Morgan fingerprint density at radius 1 is 1.21 bits per heavy atom. The molecule has 0 bridgehead atoms. The van der Waals surface area contributed by atoms with Crippen LogP contribution in [0, 0.1) is 6.92 Å². The van der Waals surface area contributed by atoms with Crippen molar-refractivity contribution in [2.24, 2.45) is 0 Å². The smallest absolute Gasteiger partial charge is 0.297 e. The summed E-state index contributed by atoms with van der Waals surface area (Å²) in [6.07, 6.45) is 4.42. The molecule has 0 N–H and O–H groups in total. The molecule has 0 saturated heterocycles. The van der Waals surface area contributed by atoms with Gasteiger partial charge in [0.2, 0.25) is 0 Å². The molecule has 5 heteroatoms. The van der Waals surface area contributed by atoms with Gasteiger partial charge in [0.25, 0.3) is 10.1 Å². The summed E-state index contributed by atoms with van der Waals surface area (Å²) in [5, 5.41) is 0. The lowest BCUT2D eigenvalue weighted by atomic mass is 10.2. The van der Waals surface area contributed by atoms with E-state index in [-0.39, 0.29) is 11.5 Å². The van der Waals surface area contributed by atoms with Crippen LogP contribution in [0.3, 0.4) is 0 Å². The molecule has 2 aromatic rings. The van der Waals surface area contributed by atoms with Crippen molar-refractivity contribution < 1.29 is 12.6 Å². The number of hydrogen-bond donors (Lipinski definition) is 0. The van der Waals surface area contributed by atoms with E-state index in [1.165, 1.54) is 0 Å². The number of rotatable bonds is 5. The maximum absolute atomic E-state index is 12.0. The zero-order valence-electron chi connectivity index (χ0n) is 11.0. The number of aryl methyl sites for hydroxylation is 1. The van der Waals surface area contributed by atoms with Crippen molar-refractivity contribution in [1.29, 1.82) is 0 Å². The van der Waals surface area contributed by atoms with Gasteiger partial charge in [-0.2, -0.15) is 8.42 Å². The monoisotopic (exact) mass is 279 g/mol. The van der Waals surface area contributed by atoms with E-state index in [4.69, 9.17) is 4.18 Å². The Bertz CT molecular complexity index is 645. The predicted octanol–water partition coefficient (Wildman–Crippen LogP) is 2.90. The van der Waals surface area contributed by atoms with Gasteiger partial charge in [-0.15, -0.1) is 0 Å². The molecule has 1 aromatic heterocycles. The molecule has 0 aliphatic rings. The average Bonchev–Trinajstić information content (AvgIpc) is 2.90. The average molecular weight is 279 g/mol. The van der Waals surface area contributed by atoms with Gasteiger partial charge in [-0.05, 0) is 43.2 Å². The molecule has 1 aromatic carbocycles. The van der Waals surface area contributed by atoms with Crippen molar-refractivity contribution in [3.05, 3.63) is 48.3 Å². The van der Waals surface area contributed by atoms with Crippen LogP contribution in [0.4, 0.5) is 0 Å². The van der Waals surface area contributed by atoms with Crippen LogP contribution in [0.25, 0.3) is 5.69 Å². The summed E-state index contributed by atoms with van der Waals surface area (Å²) in [5.74, 6) is 0. The molecule has 0 atom stereocenters. The van der Waals surface area contributed by atoms with Crippen LogP contribution in [-0.2, 0) is 14.3 Å². The summed E-state index contributed by atoms with van der Waals surface area (Å²) >= 11 is 0. The quantitative estimate of drug-likeness (QED) is 0.791. The van der Waals surface area contributed by atoms with Crippen LogP contribution < -0.4 is 0 Å². The molecule has 0 unspecified atom stereocenters. The topological polar surface area (TPSA) is 48.3 Å². The maximum Gasteiger partial charge on any atom is 0.297 e. The van der Waals surface area contributed by atoms with Crippen LogP contribution in [0.15, 0.2) is 47.6 Å². The fraction of sp³-hybridized carbons (Fsp3) is 0.286.